The standard InChI is InChI=1S/C17H25NO2/c1-3-18(15-7-5-6-8-15)17(19)13-14-9-11-16(12-10-14)20-4-2/h9-12,15H,3-8,13H2,1-2H3. The monoisotopic (exact) mass is 275 g/mol. The molecule has 20 heavy (non-hydrogen) atoms. The van der Waals surface area contributed by atoms with Crippen molar-refractivity contribution in [2.24, 2.45) is 0 Å². The predicted octanol–water partition coefficient (Wildman–Crippen LogP) is 3.42. The van der Waals surface area contributed by atoms with E-state index in [0.717, 1.165) is 17.9 Å². The highest BCUT2D eigenvalue weighted by Crippen LogP contribution is 2.24. The third-order valence-corrected chi connectivity index (χ3v) is 4.02. The lowest BCUT2D eigenvalue weighted by molar-refractivity contribution is -0.132. The first kappa shape index (κ1) is 14.9. The van der Waals surface area contributed by atoms with Crippen LogP contribution in [-0.4, -0.2) is 30.0 Å². The molecule has 3 heteroatoms. The van der Waals surface area contributed by atoms with Crippen LogP contribution in [0.4, 0.5) is 0 Å². The number of amides is 1. The molecular formula is C17H25NO2. The van der Waals surface area contributed by atoms with Crippen molar-refractivity contribution in [3.8, 4) is 5.75 Å². The molecule has 0 heterocycles. The average Bonchev–Trinajstić information content (AvgIpc) is 2.96. The molecule has 110 valence electrons. The highest BCUT2D eigenvalue weighted by atomic mass is 16.5. The van der Waals surface area contributed by atoms with Crippen molar-refractivity contribution in [2.45, 2.75) is 52.0 Å². The topological polar surface area (TPSA) is 29.5 Å². The van der Waals surface area contributed by atoms with E-state index in [9.17, 15) is 4.79 Å². The zero-order chi connectivity index (χ0) is 14.4. The second-order valence-corrected chi connectivity index (χ2v) is 5.37. The molecule has 0 bridgehead atoms. The van der Waals surface area contributed by atoms with Gasteiger partial charge in [-0.2, -0.15) is 0 Å². The Morgan fingerprint density at radius 2 is 1.85 bits per heavy atom. The van der Waals surface area contributed by atoms with Crippen molar-refractivity contribution < 1.29 is 9.53 Å². The van der Waals surface area contributed by atoms with E-state index >= 15 is 0 Å². The van der Waals surface area contributed by atoms with Crippen molar-refractivity contribution in [3.63, 3.8) is 0 Å². The third-order valence-electron chi connectivity index (χ3n) is 4.02. The van der Waals surface area contributed by atoms with Crippen LogP contribution >= 0.6 is 0 Å². The minimum absolute atomic E-state index is 0.253. The Morgan fingerprint density at radius 3 is 2.40 bits per heavy atom. The Morgan fingerprint density at radius 1 is 1.20 bits per heavy atom. The van der Waals surface area contributed by atoms with Gasteiger partial charge < -0.3 is 9.64 Å². The van der Waals surface area contributed by atoms with Crippen LogP contribution in [0.5, 0.6) is 5.75 Å². The van der Waals surface area contributed by atoms with E-state index < -0.39 is 0 Å². The molecule has 0 aliphatic heterocycles. The summed E-state index contributed by atoms with van der Waals surface area (Å²) in [6.07, 6.45) is 5.36. The fourth-order valence-corrected chi connectivity index (χ4v) is 3.00. The Bertz CT molecular complexity index is 421. The van der Waals surface area contributed by atoms with E-state index in [1.807, 2.05) is 31.2 Å². The zero-order valence-corrected chi connectivity index (χ0v) is 12.6. The molecule has 0 saturated heterocycles. The summed E-state index contributed by atoms with van der Waals surface area (Å²) in [6.45, 7) is 5.54. The van der Waals surface area contributed by atoms with Gasteiger partial charge in [-0.25, -0.2) is 0 Å². The maximum absolute atomic E-state index is 12.4. The van der Waals surface area contributed by atoms with Crippen LogP contribution in [-0.2, 0) is 11.2 Å². The fraction of sp³-hybridized carbons (Fsp3) is 0.588. The number of likely N-dealkylation sites (N-methyl/N-ethyl adjacent to an activating group) is 1. The summed E-state index contributed by atoms with van der Waals surface area (Å²) in [5.74, 6) is 1.12. The molecule has 3 nitrogen and oxygen atoms in total. The molecule has 0 unspecified atom stereocenters. The highest BCUT2D eigenvalue weighted by Gasteiger charge is 2.25. The Hall–Kier alpha value is -1.51. The molecule has 1 aliphatic rings. The van der Waals surface area contributed by atoms with Gasteiger partial charge in [-0.1, -0.05) is 25.0 Å². The summed E-state index contributed by atoms with van der Waals surface area (Å²) in [6, 6.07) is 8.34. The normalized spacial score (nSPS) is 15.3. The molecule has 0 aromatic heterocycles. The largest absolute Gasteiger partial charge is 0.494 e. The second-order valence-electron chi connectivity index (χ2n) is 5.37. The number of hydrogen-bond acceptors (Lipinski definition) is 2. The van der Waals surface area contributed by atoms with E-state index in [2.05, 4.69) is 11.8 Å². The van der Waals surface area contributed by atoms with Gasteiger partial charge in [-0.05, 0) is 44.4 Å². The van der Waals surface area contributed by atoms with Gasteiger partial charge >= 0.3 is 0 Å². The summed E-state index contributed by atoms with van der Waals surface area (Å²) < 4.78 is 5.42. The van der Waals surface area contributed by atoms with Crippen molar-refractivity contribution >= 4 is 5.91 Å². The Labute approximate surface area is 121 Å². The molecule has 1 amide bonds. The first-order valence-electron chi connectivity index (χ1n) is 7.75. The first-order chi connectivity index (χ1) is 9.74. The zero-order valence-electron chi connectivity index (χ0n) is 12.6. The smallest absolute Gasteiger partial charge is 0.227 e. The minimum Gasteiger partial charge on any atom is -0.494 e. The van der Waals surface area contributed by atoms with Gasteiger partial charge in [-0.3, -0.25) is 4.79 Å². The average molecular weight is 275 g/mol. The van der Waals surface area contributed by atoms with Gasteiger partial charge in [0.25, 0.3) is 0 Å². The lowest BCUT2D eigenvalue weighted by Gasteiger charge is -2.27. The molecule has 0 spiro atoms. The third kappa shape index (κ3) is 3.75. The molecule has 1 aliphatic carbocycles. The van der Waals surface area contributed by atoms with Crippen LogP contribution in [0, 0.1) is 0 Å². The summed E-state index contributed by atoms with van der Waals surface area (Å²) in [5.41, 5.74) is 1.06. The predicted molar refractivity (Wildman–Crippen MR) is 81.0 cm³/mol. The lowest BCUT2D eigenvalue weighted by Crippen LogP contribution is -2.39. The van der Waals surface area contributed by atoms with Gasteiger partial charge in [0.05, 0.1) is 13.0 Å². The lowest BCUT2D eigenvalue weighted by atomic mass is 10.1. The van der Waals surface area contributed by atoms with Crippen molar-refractivity contribution in [1.82, 2.24) is 4.90 Å². The fourth-order valence-electron chi connectivity index (χ4n) is 3.00. The van der Waals surface area contributed by atoms with E-state index in [4.69, 9.17) is 4.74 Å². The van der Waals surface area contributed by atoms with E-state index in [0.29, 0.717) is 19.1 Å². The number of ether oxygens (including phenoxy) is 1. The molecule has 1 fully saturated rings. The van der Waals surface area contributed by atoms with Crippen LogP contribution in [0.3, 0.4) is 0 Å². The number of carbonyl (C=O) groups excluding carboxylic acids is 1. The summed E-state index contributed by atoms with van der Waals surface area (Å²) in [7, 11) is 0. The molecule has 1 aromatic carbocycles. The van der Waals surface area contributed by atoms with Gasteiger partial charge in [0.1, 0.15) is 5.75 Å². The SMILES string of the molecule is CCOc1ccc(CC(=O)N(CC)C2CCCC2)cc1. The molecule has 0 atom stereocenters. The Kier molecular flexibility index (Phi) is 5.45. The highest BCUT2D eigenvalue weighted by molar-refractivity contribution is 5.79. The quantitative estimate of drug-likeness (QED) is 0.796. The van der Waals surface area contributed by atoms with Crippen LogP contribution in [0.25, 0.3) is 0 Å². The van der Waals surface area contributed by atoms with E-state index in [1.54, 1.807) is 0 Å². The van der Waals surface area contributed by atoms with Gasteiger partial charge in [0.15, 0.2) is 0 Å². The van der Waals surface area contributed by atoms with Gasteiger partial charge in [0.2, 0.25) is 5.91 Å². The second kappa shape index (κ2) is 7.32. The summed E-state index contributed by atoms with van der Waals surface area (Å²) in [4.78, 5) is 14.5. The van der Waals surface area contributed by atoms with Crippen LogP contribution in [0.2, 0.25) is 0 Å². The molecule has 2 rings (SSSR count). The minimum atomic E-state index is 0.253. The van der Waals surface area contributed by atoms with Crippen molar-refractivity contribution in [1.29, 1.82) is 0 Å². The van der Waals surface area contributed by atoms with Crippen molar-refractivity contribution in [3.05, 3.63) is 29.8 Å². The molecular weight excluding hydrogens is 250 g/mol. The van der Waals surface area contributed by atoms with Crippen molar-refractivity contribution in [2.75, 3.05) is 13.2 Å². The number of hydrogen-bond donors (Lipinski definition) is 0. The molecule has 1 aromatic rings. The van der Waals surface area contributed by atoms with E-state index in [1.165, 1.54) is 25.7 Å². The van der Waals surface area contributed by atoms with Gasteiger partial charge in [0, 0.05) is 12.6 Å². The number of benzene rings is 1. The summed E-state index contributed by atoms with van der Waals surface area (Å²) >= 11 is 0. The Balaban J connectivity index is 1.95. The van der Waals surface area contributed by atoms with Crippen LogP contribution in [0.15, 0.2) is 24.3 Å². The molecule has 1 saturated carbocycles. The first-order valence-corrected chi connectivity index (χ1v) is 7.75. The summed E-state index contributed by atoms with van der Waals surface area (Å²) in [5, 5.41) is 0. The van der Waals surface area contributed by atoms with Crippen LogP contribution < -0.4 is 4.74 Å². The molecule has 0 radical (unpaired) electrons. The van der Waals surface area contributed by atoms with Gasteiger partial charge in [-0.15, -0.1) is 0 Å². The maximum Gasteiger partial charge on any atom is 0.227 e. The van der Waals surface area contributed by atoms with E-state index in [-0.39, 0.29) is 5.91 Å². The number of rotatable bonds is 6. The van der Waals surface area contributed by atoms with Crippen LogP contribution in [0.1, 0.15) is 45.1 Å². The molecule has 0 N–H and O–H groups in total. The number of carbonyl (C=O) groups is 1. The number of nitrogens with zero attached hydrogens (tertiary/aromatic N) is 1. The maximum atomic E-state index is 12.4.